The van der Waals surface area contributed by atoms with Crippen molar-refractivity contribution >= 4 is 11.7 Å². The molecule has 0 aliphatic carbocycles. The number of likely N-dealkylation sites (tertiary alicyclic amines) is 1. The van der Waals surface area contributed by atoms with Gasteiger partial charge in [0.1, 0.15) is 0 Å². The van der Waals surface area contributed by atoms with E-state index in [4.69, 9.17) is 4.52 Å². The monoisotopic (exact) mass is 328 g/mol. The number of benzene rings is 1. The number of urea groups is 1. The highest BCUT2D eigenvalue weighted by atomic mass is 16.5. The smallest absolute Gasteiger partial charge is 0.322 e. The van der Waals surface area contributed by atoms with Gasteiger partial charge in [0.05, 0.1) is 6.04 Å². The number of aryl methyl sites for hydroxylation is 2. The molecule has 1 atom stereocenters. The van der Waals surface area contributed by atoms with Crippen LogP contribution in [0.15, 0.2) is 28.8 Å². The van der Waals surface area contributed by atoms with Gasteiger partial charge in [0.25, 0.3) is 0 Å². The summed E-state index contributed by atoms with van der Waals surface area (Å²) in [4.78, 5) is 19.1. The van der Waals surface area contributed by atoms with Gasteiger partial charge < -0.3 is 14.7 Å². The lowest BCUT2D eigenvalue weighted by molar-refractivity contribution is 0.184. The van der Waals surface area contributed by atoms with Crippen LogP contribution < -0.4 is 5.32 Å². The summed E-state index contributed by atoms with van der Waals surface area (Å²) < 4.78 is 5.12. The van der Waals surface area contributed by atoms with E-state index >= 15 is 0 Å². The Labute approximate surface area is 142 Å². The molecule has 1 aromatic heterocycles. The second-order valence-corrected chi connectivity index (χ2v) is 6.17. The second kappa shape index (κ2) is 7.47. The summed E-state index contributed by atoms with van der Waals surface area (Å²) in [5, 5.41) is 7.11. The molecule has 1 fully saturated rings. The summed E-state index contributed by atoms with van der Waals surface area (Å²) >= 11 is 0. The van der Waals surface area contributed by atoms with E-state index in [1.807, 2.05) is 29.2 Å². The first-order chi connectivity index (χ1) is 11.7. The molecule has 1 aliphatic heterocycles. The Kier molecular flexibility index (Phi) is 5.13. The first kappa shape index (κ1) is 16.5. The summed E-state index contributed by atoms with van der Waals surface area (Å²) in [7, 11) is 0. The second-order valence-electron chi connectivity index (χ2n) is 6.17. The van der Waals surface area contributed by atoms with E-state index in [1.54, 1.807) is 6.92 Å². The van der Waals surface area contributed by atoms with Gasteiger partial charge in [-0.2, -0.15) is 4.98 Å². The Balaban J connectivity index is 1.82. The standard InChI is InChI=1S/C18H24N4O2/c1-3-14-9-6-7-10-15(14)20-18(23)22-12-8-4-5-11-16(22)17-19-13(2)24-21-17/h6-7,9-10,16H,3-5,8,11-12H2,1-2H3,(H,20,23)/t16-/m0/s1. The fourth-order valence-electron chi connectivity index (χ4n) is 3.21. The highest BCUT2D eigenvalue weighted by molar-refractivity contribution is 5.90. The minimum absolute atomic E-state index is 0.0924. The van der Waals surface area contributed by atoms with E-state index in [0.29, 0.717) is 18.3 Å². The topological polar surface area (TPSA) is 71.3 Å². The van der Waals surface area contributed by atoms with Gasteiger partial charge >= 0.3 is 6.03 Å². The predicted molar refractivity (Wildman–Crippen MR) is 91.8 cm³/mol. The Bertz CT molecular complexity index is 698. The number of nitrogens with one attached hydrogen (secondary N) is 1. The number of rotatable bonds is 3. The van der Waals surface area contributed by atoms with E-state index in [-0.39, 0.29) is 12.1 Å². The number of carbonyl (C=O) groups is 1. The molecule has 6 nitrogen and oxygen atoms in total. The molecular formula is C18H24N4O2. The maximum absolute atomic E-state index is 12.9. The Morgan fingerprint density at radius 1 is 1.33 bits per heavy atom. The number of para-hydroxylation sites is 1. The molecule has 0 bridgehead atoms. The zero-order valence-corrected chi connectivity index (χ0v) is 14.3. The zero-order valence-electron chi connectivity index (χ0n) is 14.3. The van der Waals surface area contributed by atoms with Crippen LogP contribution in [0.25, 0.3) is 0 Å². The van der Waals surface area contributed by atoms with Gasteiger partial charge in [0.2, 0.25) is 5.89 Å². The van der Waals surface area contributed by atoms with E-state index in [2.05, 4.69) is 22.4 Å². The quantitative estimate of drug-likeness (QED) is 0.921. The average Bonchev–Trinajstić information content (AvgIpc) is 2.87. The molecule has 1 aromatic carbocycles. The summed E-state index contributed by atoms with van der Waals surface area (Å²) in [5.74, 6) is 1.14. The van der Waals surface area contributed by atoms with Gasteiger partial charge in [-0.25, -0.2) is 4.79 Å². The fourth-order valence-corrected chi connectivity index (χ4v) is 3.21. The third-order valence-corrected chi connectivity index (χ3v) is 4.49. The highest BCUT2D eigenvalue weighted by Crippen LogP contribution is 2.29. The molecule has 2 aromatic rings. The molecule has 0 saturated carbocycles. The van der Waals surface area contributed by atoms with Crippen molar-refractivity contribution in [1.82, 2.24) is 15.0 Å². The maximum atomic E-state index is 12.9. The van der Waals surface area contributed by atoms with Crippen LogP contribution in [0.5, 0.6) is 0 Å². The molecule has 24 heavy (non-hydrogen) atoms. The van der Waals surface area contributed by atoms with E-state index in [9.17, 15) is 4.79 Å². The lowest BCUT2D eigenvalue weighted by Gasteiger charge is -2.28. The van der Waals surface area contributed by atoms with Crippen LogP contribution >= 0.6 is 0 Å². The van der Waals surface area contributed by atoms with E-state index < -0.39 is 0 Å². The highest BCUT2D eigenvalue weighted by Gasteiger charge is 2.30. The molecule has 1 aliphatic rings. The van der Waals surface area contributed by atoms with Gasteiger partial charge in [0, 0.05) is 19.2 Å². The summed E-state index contributed by atoms with van der Waals surface area (Å²) in [6.45, 7) is 4.56. The third-order valence-electron chi connectivity index (χ3n) is 4.49. The van der Waals surface area contributed by atoms with Crippen LogP contribution in [0, 0.1) is 6.92 Å². The third kappa shape index (κ3) is 3.58. The van der Waals surface area contributed by atoms with E-state index in [1.165, 1.54) is 0 Å². The summed E-state index contributed by atoms with van der Waals surface area (Å²) in [6.07, 6.45) is 4.91. The number of anilines is 1. The first-order valence-corrected chi connectivity index (χ1v) is 8.64. The summed E-state index contributed by atoms with van der Waals surface area (Å²) in [5.41, 5.74) is 2.00. The normalized spacial score (nSPS) is 18.2. The van der Waals surface area contributed by atoms with E-state index in [0.717, 1.165) is 43.4 Å². The van der Waals surface area contributed by atoms with Gasteiger partial charge in [0.15, 0.2) is 5.82 Å². The van der Waals surface area contributed by atoms with Crippen molar-refractivity contribution in [2.45, 2.75) is 52.0 Å². The molecule has 0 unspecified atom stereocenters. The van der Waals surface area contributed by atoms with Gasteiger partial charge in [-0.1, -0.05) is 43.1 Å². The van der Waals surface area contributed by atoms with Gasteiger partial charge in [-0.15, -0.1) is 0 Å². The molecule has 1 N–H and O–H groups in total. The zero-order chi connectivity index (χ0) is 16.9. The Morgan fingerprint density at radius 2 is 2.17 bits per heavy atom. The number of nitrogens with zero attached hydrogens (tertiary/aromatic N) is 3. The van der Waals surface area contributed by atoms with Crippen molar-refractivity contribution in [2.75, 3.05) is 11.9 Å². The van der Waals surface area contributed by atoms with Crippen molar-refractivity contribution < 1.29 is 9.32 Å². The van der Waals surface area contributed by atoms with Crippen LogP contribution in [0.2, 0.25) is 0 Å². The molecule has 2 heterocycles. The number of amides is 2. The molecule has 6 heteroatoms. The molecule has 2 amide bonds. The van der Waals surface area contributed by atoms with Crippen LogP contribution in [0.4, 0.5) is 10.5 Å². The number of hydrogen-bond acceptors (Lipinski definition) is 4. The lowest BCUT2D eigenvalue weighted by atomic mass is 10.1. The summed E-state index contributed by atoms with van der Waals surface area (Å²) in [6, 6.07) is 7.70. The largest absolute Gasteiger partial charge is 0.340 e. The van der Waals surface area contributed by atoms with Crippen molar-refractivity contribution in [2.24, 2.45) is 0 Å². The van der Waals surface area contributed by atoms with Crippen molar-refractivity contribution in [3.05, 3.63) is 41.5 Å². The SMILES string of the molecule is CCc1ccccc1NC(=O)N1CCCCC[C@H]1c1noc(C)n1. The van der Waals surface area contributed by atoms with Crippen molar-refractivity contribution in [3.63, 3.8) is 0 Å². The maximum Gasteiger partial charge on any atom is 0.322 e. The van der Waals surface area contributed by atoms with Crippen molar-refractivity contribution in [1.29, 1.82) is 0 Å². The van der Waals surface area contributed by atoms with Crippen LogP contribution in [0.1, 0.15) is 55.9 Å². The molecule has 1 saturated heterocycles. The molecular weight excluding hydrogens is 304 g/mol. The van der Waals surface area contributed by atoms with Crippen LogP contribution in [-0.2, 0) is 6.42 Å². The lowest BCUT2D eigenvalue weighted by Crippen LogP contribution is -2.38. The molecule has 3 rings (SSSR count). The first-order valence-electron chi connectivity index (χ1n) is 8.64. The van der Waals surface area contributed by atoms with Crippen LogP contribution in [-0.4, -0.2) is 27.6 Å². The molecule has 0 spiro atoms. The molecule has 128 valence electrons. The Hall–Kier alpha value is -2.37. The Morgan fingerprint density at radius 3 is 2.92 bits per heavy atom. The van der Waals surface area contributed by atoms with Gasteiger partial charge in [-0.3, -0.25) is 0 Å². The minimum atomic E-state index is -0.126. The van der Waals surface area contributed by atoms with Gasteiger partial charge in [-0.05, 0) is 30.9 Å². The average molecular weight is 328 g/mol. The minimum Gasteiger partial charge on any atom is -0.340 e. The number of hydrogen-bond donors (Lipinski definition) is 1. The number of aromatic nitrogens is 2. The predicted octanol–water partition coefficient (Wildman–Crippen LogP) is 4.09. The van der Waals surface area contributed by atoms with Crippen molar-refractivity contribution in [3.8, 4) is 0 Å². The fraction of sp³-hybridized carbons (Fsp3) is 0.500. The molecule has 0 radical (unpaired) electrons. The number of carbonyl (C=O) groups excluding carboxylic acids is 1. The van der Waals surface area contributed by atoms with Crippen LogP contribution in [0.3, 0.4) is 0 Å².